The van der Waals surface area contributed by atoms with Crippen molar-refractivity contribution in [2.75, 3.05) is 28.0 Å². The van der Waals surface area contributed by atoms with E-state index in [4.69, 9.17) is 27.9 Å². The molecular weight excluding hydrogens is 609 g/mol. The number of ether oxygens (including phenoxy) is 1. The molecule has 0 aliphatic heterocycles. The highest BCUT2D eigenvalue weighted by atomic mass is 35.5. The second kappa shape index (κ2) is 12.4. The topological polar surface area (TPSA) is 122 Å². The molecule has 0 saturated carbocycles. The zero-order valence-corrected chi connectivity index (χ0v) is 25.0. The van der Waals surface area contributed by atoms with Crippen molar-refractivity contribution in [1.82, 2.24) is 0 Å². The minimum atomic E-state index is -4.22. The van der Waals surface area contributed by atoms with Gasteiger partial charge in [-0.2, -0.15) is 0 Å². The Kier molecular flexibility index (Phi) is 9.13. The zero-order valence-electron chi connectivity index (χ0n) is 21.8. The summed E-state index contributed by atoms with van der Waals surface area (Å²) < 4.78 is 61.8. The number of carbonyl (C=O) groups excluding carboxylic acids is 1. The van der Waals surface area contributed by atoms with Crippen molar-refractivity contribution in [3.05, 3.63) is 107 Å². The molecule has 0 saturated heterocycles. The standard InChI is InChI=1S/C28H25Cl2N3O6S2/c1-19-24(30)9-6-10-25(19)32-40(35,36)22-14-12-21(13-15-22)31-28(34)18-33(26-17-20(29)11-16-27(26)39-2)41(37,38)23-7-4-3-5-8-23/h3-17,32H,18H2,1-2H3,(H,31,34). The number of nitrogens with zero attached hydrogens (tertiary/aromatic N) is 1. The number of halogens is 2. The maximum atomic E-state index is 13.6. The Morgan fingerprint density at radius 3 is 2.20 bits per heavy atom. The molecule has 4 aromatic carbocycles. The van der Waals surface area contributed by atoms with Gasteiger partial charge in [0.15, 0.2) is 0 Å². The summed E-state index contributed by atoms with van der Waals surface area (Å²) in [6, 6.07) is 22.4. The van der Waals surface area contributed by atoms with Gasteiger partial charge in [-0.25, -0.2) is 16.8 Å². The van der Waals surface area contributed by atoms with E-state index in [-0.39, 0.29) is 31.9 Å². The number of sulfonamides is 2. The quantitative estimate of drug-likeness (QED) is 0.223. The fourth-order valence-electron chi connectivity index (χ4n) is 3.85. The van der Waals surface area contributed by atoms with Crippen LogP contribution in [0.3, 0.4) is 0 Å². The number of carbonyl (C=O) groups is 1. The Balaban J connectivity index is 1.58. The molecule has 214 valence electrons. The van der Waals surface area contributed by atoms with Crippen LogP contribution in [0.5, 0.6) is 5.75 Å². The number of amides is 1. The van der Waals surface area contributed by atoms with Crippen molar-refractivity contribution in [2.45, 2.75) is 16.7 Å². The van der Waals surface area contributed by atoms with Crippen molar-refractivity contribution >= 4 is 66.2 Å². The summed E-state index contributed by atoms with van der Waals surface area (Å²) in [5.41, 5.74) is 1.24. The second-order valence-corrected chi connectivity index (χ2v) is 13.1. The molecule has 1 amide bonds. The van der Waals surface area contributed by atoms with Gasteiger partial charge in [0, 0.05) is 15.7 Å². The van der Waals surface area contributed by atoms with Crippen LogP contribution in [-0.2, 0) is 24.8 Å². The van der Waals surface area contributed by atoms with Gasteiger partial charge in [-0.1, -0.05) is 47.5 Å². The lowest BCUT2D eigenvalue weighted by Crippen LogP contribution is -2.38. The molecule has 0 fully saturated rings. The predicted octanol–water partition coefficient (Wildman–Crippen LogP) is 5.95. The molecule has 4 aromatic rings. The van der Waals surface area contributed by atoms with Crippen molar-refractivity contribution in [1.29, 1.82) is 0 Å². The minimum Gasteiger partial charge on any atom is -0.495 e. The molecule has 0 spiro atoms. The number of hydrogen-bond acceptors (Lipinski definition) is 6. The molecule has 0 heterocycles. The van der Waals surface area contributed by atoms with E-state index in [1.807, 2.05) is 0 Å². The highest BCUT2D eigenvalue weighted by Gasteiger charge is 2.30. The average molecular weight is 635 g/mol. The largest absolute Gasteiger partial charge is 0.495 e. The summed E-state index contributed by atoms with van der Waals surface area (Å²) in [6.45, 7) is 1.07. The SMILES string of the molecule is COc1ccc(Cl)cc1N(CC(=O)Nc1ccc(S(=O)(=O)Nc2cccc(Cl)c2C)cc1)S(=O)(=O)c1ccccc1. The van der Waals surface area contributed by atoms with E-state index in [1.165, 1.54) is 61.7 Å². The number of nitrogens with one attached hydrogen (secondary N) is 2. The summed E-state index contributed by atoms with van der Waals surface area (Å²) in [5, 5.41) is 3.27. The molecule has 0 bridgehead atoms. The van der Waals surface area contributed by atoms with E-state index < -0.39 is 32.5 Å². The van der Waals surface area contributed by atoms with Crippen LogP contribution < -0.4 is 19.1 Å². The summed E-state index contributed by atoms with van der Waals surface area (Å²) in [5.74, 6) is -0.492. The number of rotatable bonds is 10. The molecule has 0 unspecified atom stereocenters. The maximum Gasteiger partial charge on any atom is 0.264 e. The van der Waals surface area contributed by atoms with Crippen molar-refractivity contribution in [3.8, 4) is 5.75 Å². The Bertz CT molecular complexity index is 1780. The Hall–Kier alpha value is -3.77. The van der Waals surface area contributed by atoms with Crippen LogP contribution in [0.2, 0.25) is 10.0 Å². The number of methoxy groups -OCH3 is 1. The predicted molar refractivity (Wildman–Crippen MR) is 161 cm³/mol. The van der Waals surface area contributed by atoms with Crippen LogP contribution >= 0.6 is 23.2 Å². The molecule has 41 heavy (non-hydrogen) atoms. The first-order chi connectivity index (χ1) is 19.4. The fraction of sp³-hybridized carbons (Fsp3) is 0.107. The monoisotopic (exact) mass is 633 g/mol. The van der Waals surface area contributed by atoms with Gasteiger partial charge in [0.1, 0.15) is 12.3 Å². The second-order valence-electron chi connectivity index (χ2n) is 8.73. The molecule has 0 radical (unpaired) electrons. The van der Waals surface area contributed by atoms with Crippen LogP contribution in [0.1, 0.15) is 5.56 Å². The van der Waals surface area contributed by atoms with E-state index in [1.54, 1.807) is 43.3 Å². The van der Waals surface area contributed by atoms with Crippen molar-refractivity contribution in [3.63, 3.8) is 0 Å². The summed E-state index contributed by atoms with van der Waals surface area (Å²) in [7, 11) is -6.79. The highest BCUT2D eigenvalue weighted by molar-refractivity contribution is 7.93. The molecule has 4 rings (SSSR count). The first-order valence-electron chi connectivity index (χ1n) is 12.0. The molecule has 2 N–H and O–H groups in total. The number of benzene rings is 4. The lowest BCUT2D eigenvalue weighted by molar-refractivity contribution is -0.114. The van der Waals surface area contributed by atoms with Gasteiger partial charge in [-0.3, -0.25) is 13.8 Å². The lowest BCUT2D eigenvalue weighted by Gasteiger charge is -2.26. The third kappa shape index (κ3) is 6.94. The molecule has 9 nitrogen and oxygen atoms in total. The van der Waals surface area contributed by atoms with Crippen LogP contribution in [-0.4, -0.2) is 36.4 Å². The number of anilines is 3. The van der Waals surface area contributed by atoms with Crippen LogP contribution in [0.25, 0.3) is 0 Å². The minimum absolute atomic E-state index is 0.0353. The first kappa shape index (κ1) is 30.2. The van der Waals surface area contributed by atoms with Crippen LogP contribution in [0.15, 0.2) is 101 Å². The Morgan fingerprint density at radius 1 is 0.854 bits per heavy atom. The van der Waals surface area contributed by atoms with E-state index in [2.05, 4.69) is 10.0 Å². The van der Waals surface area contributed by atoms with E-state index >= 15 is 0 Å². The van der Waals surface area contributed by atoms with Gasteiger partial charge in [0.2, 0.25) is 5.91 Å². The van der Waals surface area contributed by atoms with Gasteiger partial charge in [-0.05, 0) is 79.2 Å². The van der Waals surface area contributed by atoms with Gasteiger partial charge < -0.3 is 10.1 Å². The van der Waals surface area contributed by atoms with Gasteiger partial charge in [-0.15, -0.1) is 0 Å². The van der Waals surface area contributed by atoms with E-state index in [0.29, 0.717) is 16.3 Å². The summed E-state index contributed by atoms with van der Waals surface area (Å²) in [6.07, 6.45) is 0. The van der Waals surface area contributed by atoms with Gasteiger partial charge >= 0.3 is 0 Å². The third-order valence-corrected chi connectivity index (χ3v) is 9.79. The van der Waals surface area contributed by atoms with Gasteiger partial charge in [0.25, 0.3) is 20.0 Å². The molecule has 0 aliphatic carbocycles. The lowest BCUT2D eigenvalue weighted by atomic mass is 10.2. The zero-order chi connectivity index (χ0) is 29.8. The first-order valence-corrected chi connectivity index (χ1v) is 15.7. The van der Waals surface area contributed by atoms with Crippen molar-refractivity contribution < 1.29 is 26.4 Å². The normalized spacial score (nSPS) is 11.5. The van der Waals surface area contributed by atoms with Crippen LogP contribution in [0, 0.1) is 6.92 Å². The molecule has 0 aromatic heterocycles. The molecular formula is C28H25Cl2N3O6S2. The number of hydrogen-bond donors (Lipinski definition) is 2. The summed E-state index contributed by atoms with van der Waals surface area (Å²) >= 11 is 12.3. The maximum absolute atomic E-state index is 13.6. The third-order valence-electron chi connectivity index (χ3n) is 5.99. The fourth-order valence-corrected chi connectivity index (χ4v) is 6.76. The van der Waals surface area contributed by atoms with E-state index in [0.717, 1.165) is 4.31 Å². The highest BCUT2D eigenvalue weighted by Crippen LogP contribution is 2.35. The molecule has 13 heteroatoms. The van der Waals surface area contributed by atoms with Crippen molar-refractivity contribution in [2.24, 2.45) is 0 Å². The Morgan fingerprint density at radius 2 is 1.54 bits per heavy atom. The summed E-state index contributed by atoms with van der Waals surface area (Å²) in [4.78, 5) is 13.0. The average Bonchev–Trinajstić information content (AvgIpc) is 2.95. The van der Waals surface area contributed by atoms with Crippen LogP contribution in [0.4, 0.5) is 17.1 Å². The Labute approximate surface area is 248 Å². The smallest absolute Gasteiger partial charge is 0.264 e. The molecule has 0 atom stereocenters. The molecule has 0 aliphatic rings. The van der Waals surface area contributed by atoms with E-state index in [9.17, 15) is 21.6 Å². The van der Waals surface area contributed by atoms with Gasteiger partial charge in [0.05, 0.1) is 28.3 Å².